The molecule has 3 rings (SSSR count). The highest BCUT2D eigenvalue weighted by atomic mass is 19.1. The molecule has 1 amide bonds. The van der Waals surface area contributed by atoms with Crippen molar-refractivity contribution in [2.75, 3.05) is 0 Å². The first kappa shape index (κ1) is 17.3. The zero-order valence-electron chi connectivity index (χ0n) is 13.7. The molecular formula is C16H14FN5O4. The largest absolute Gasteiger partial charge is 0.343 e. The highest BCUT2D eigenvalue weighted by Crippen LogP contribution is 2.06. The molecule has 3 aromatic rings. The average molecular weight is 359 g/mol. The Balaban J connectivity index is 1.84. The zero-order chi connectivity index (χ0) is 18.7. The van der Waals surface area contributed by atoms with Crippen molar-refractivity contribution in [2.45, 2.75) is 20.0 Å². The molecular weight excluding hydrogens is 345 g/mol. The van der Waals surface area contributed by atoms with E-state index in [0.29, 0.717) is 5.82 Å². The van der Waals surface area contributed by atoms with E-state index in [9.17, 15) is 18.8 Å². The summed E-state index contributed by atoms with van der Waals surface area (Å²) in [5.41, 5.74) is -1.73. The van der Waals surface area contributed by atoms with Gasteiger partial charge in [-0.2, -0.15) is 4.98 Å². The Kier molecular flexibility index (Phi) is 4.74. The zero-order valence-corrected chi connectivity index (χ0v) is 13.7. The highest BCUT2D eigenvalue weighted by Gasteiger charge is 2.16. The van der Waals surface area contributed by atoms with Gasteiger partial charge in [-0.1, -0.05) is 23.4 Å². The fourth-order valence-electron chi connectivity index (χ4n) is 2.28. The number of nitrogens with zero attached hydrogens (tertiary/aromatic N) is 3. The Morgan fingerprint density at radius 1 is 1.35 bits per heavy atom. The summed E-state index contributed by atoms with van der Waals surface area (Å²) >= 11 is 0. The molecule has 0 atom stereocenters. The van der Waals surface area contributed by atoms with Crippen molar-refractivity contribution in [3.8, 4) is 0 Å². The number of benzene rings is 1. The van der Waals surface area contributed by atoms with Gasteiger partial charge in [-0.05, 0) is 13.0 Å². The van der Waals surface area contributed by atoms with Crippen molar-refractivity contribution in [3.63, 3.8) is 0 Å². The normalized spacial score (nSPS) is 10.7. The molecule has 0 aliphatic rings. The molecule has 0 aliphatic carbocycles. The third kappa shape index (κ3) is 3.58. The quantitative estimate of drug-likeness (QED) is 0.677. The number of amides is 1. The van der Waals surface area contributed by atoms with Crippen LogP contribution in [0.4, 0.5) is 4.39 Å². The van der Waals surface area contributed by atoms with Gasteiger partial charge < -0.3 is 14.8 Å². The summed E-state index contributed by atoms with van der Waals surface area (Å²) in [5.74, 6) is -0.706. The summed E-state index contributed by atoms with van der Waals surface area (Å²) in [7, 11) is 0. The van der Waals surface area contributed by atoms with E-state index in [-0.39, 0.29) is 30.1 Å². The second kappa shape index (κ2) is 7.13. The van der Waals surface area contributed by atoms with E-state index < -0.39 is 23.0 Å². The Morgan fingerprint density at radius 2 is 2.12 bits per heavy atom. The van der Waals surface area contributed by atoms with Gasteiger partial charge in [-0.15, -0.1) is 0 Å². The van der Waals surface area contributed by atoms with Crippen LogP contribution in [0.1, 0.15) is 27.6 Å². The van der Waals surface area contributed by atoms with Gasteiger partial charge in [0.2, 0.25) is 5.89 Å². The summed E-state index contributed by atoms with van der Waals surface area (Å²) in [5, 5.41) is 6.03. The van der Waals surface area contributed by atoms with Gasteiger partial charge in [0.25, 0.3) is 11.5 Å². The van der Waals surface area contributed by atoms with Crippen LogP contribution < -0.4 is 16.6 Å². The summed E-state index contributed by atoms with van der Waals surface area (Å²) < 4.78 is 19.4. The monoisotopic (exact) mass is 359 g/mol. The van der Waals surface area contributed by atoms with E-state index in [4.69, 9.17) is 4.52 Å². The van der Waals surface area contributed by atoms with Crippen LogP contribution in [0.2, 0.25) is 0 Å². The number of hydrogen-bond acceptors (Lipinski definition) is 6. The number of carbonyl (C=O) groups excluding carboxylic acids is 1. The third-order valence-electron chi connectivity index (χ3n) is 3.56. The third-order valence-corrected chi connectivity index (χ3v) is 3.56. The fraction of sp³-hybridized carbons (Fsp3) is 0.188. The first-order valence-corrected chi connectivity index (χ1v) is 7.59. The second-order valence-corrected chi connectivity index (χ2v) is 5.41. The SMILES string of the molecule is Cc1noc(CNC(=O)c2c[nH]c(=O)n(Cc3ccccc3F)c2=O)n1. The van der Waals surface area contributed by atoms with Crippen molar-refractivity contribution >= 4 is 5.91 Å². The van der Waals surface area contributed by atoms with E-state index in [0.717, 1.165) is 10.8 Å². The first-order chi connectivity index (χ1) is 12.5. The molecule has 2 heterocycles. The molecule has 0 saturated carbocycles. The van der Waals surface area contributed by atoms with Crippen LogP contribution in [-0.2, 0) is 13.1 Å². The lowest BCUT2D eigenvalue weighted by Crippen LogP contribution is -2.40. The molecule has 0 unspecified atom stereocenters. The van der Waals surface area contributed by atoms with Crippen molar-refractivity contribution in [2.24, 2.45) is 0 Å². The van der Waals surface area contributed by atoms with Gasteiger partial charge in [0.15, 0.2) is 5.82 Å². The van der Waals surface area contributed by atoms with Crippen LogP contribution in [0.15, 0.2) is 44.6 Å². The van der Waals surface area contributed by atoms with Crippen LogP contribution in [0.5, 0.6) is 0 Å². The minimum absolute atomic E-state index is 0.0778. The second-order valence-electron chi connectivity index (χ2n) is 5.41. The molecule has 0 fully saturated rings. The first-order valence-electron chi connectivity index (χ1n) is 7.59. The lowest BCUT2D eigenvalue weighted by atomic mass is 10.2. The van der Waals surface area contributed by atoms with Crippen molar-refractivity contribution < 1.29 is 13.7 Å². The summed E-state index contributed by atoms with van der Waals surface area (Å²) in [4.78, 5) is 42.8. The van der Waals surface area contributed by atoms with Crippen molar-refractivity contribution in [3.05, 3.63) is 80.0 Å². The molecule has 0 saturated heterocycles. The van der Waals surface area contributed by atoms with Gasteiger partial charge in [0.1, 0.15) is 11.4 Å². The molecule has 1 aromatic carbocycles. The maximum absolute atomic E-state index is 13.8. The van der Waals surface area contributed by atoms with Crippen LogP contribution in [-0.4, -0.2) is 25.6 Å². The molecule has 9 nitrogen and oxygen atoms in total. The number of hydrogen-bond donors (Lipinski definition) is 2. The van der Waals surface area contributed by atoms with E-state index in [1.54, 1.807) is 13.0 Å². The molecule has 2 N–H and O–H groups in total. The molecule has 0 bridgehead atoms. The molecule has 10 heteroatoms. The van der Waals surface area contributed by atoms with Crippen LogP contribution in [0.3, 0.4) is 0 Å². The number of nitrogens with one attached hydrogen (secondary N) is 2. The van der Waals surface area contributed by atoms with Gasteiger partial charge in [0.05, 0.1) is 13.1 Å². The van der Waals surface area contributed by atoms with Crippen molar-refractivity contribution in [1.29, 1.82) is 0 Å². The van der Waals surface area contributed by atoms with Crippen LogP contribution in [0, 0.1) is 12.7 Å². The predicted molar refractivity (Wildman–Crippen MR) is 87.0 cm³/mol. The maximum atomic E-state index is 13.8. The summed E-state index contributed by atoms with van der Waals surface area (Å²) in [6.45, 7) is 1.24. The lowest BCUT2D eigenvalue weighted by molar-refractivity contribution is 0.0943. The van der Waals surface area contributed by atoms with Gasteiger partial charge in [-0.25, -0.2) is 9.18 Å². The number of halogens is 1. The Morgan fingerprint density at radius 3 is 2.81 bits per heavy atom. The van der Waals surface area contributed by atoms with Crippen molar-refractivity contribution in [1.82, 2.24) is 25.0 Å². The number of H-pyrrole nitrogens is 1. The minimum Gasteiger partial charge on any atom is -0.343 e. The van der Waals surface area contributed by atoms with Crippen LogP contribution in [0.25, 0.3) is 0 Å². The topological polar surface area (TPSA) is 123 Å². The maximum Gasteiger partial charge on any atom is 0.328 e. The number of rotatable bonds is 5. The Labute approximate surface area is 145 Å². The van der Waals surface area contributed by atoms with Crippen LogP contribution >= 0.6 is 0 Å². The van der Waals surface area contributed by atoms with Gasteiger partial charge in [0, 0.05) is 11.8 Å². The Bertz CT molecular complexity index is 1070. The summed E-state index contributed by atoms with van der Waals surface area (Å²) in [6.07, 6.45) is 1.01. The molecule has 26 heavy (non-hydrogen) atoms. The van der Waals surface area contributed by atoms with Gasteiger partial charge >= 0.3 is 5.69 Å². The molecule has 134 valence electrons. The minimum atomic E-state index is -0.837. The Hall–Kier alpha value is -3.56. The number of carbonyl (C=O) groups is 1. The number of aromatic amines is 1. The molecule has 2 aromatic heterocycles. The average Bonchev–Trinajstić information content (AvgIpc) is 3.03. The smallest absolute Gasteiger partial charge is 0.328 e. The number of aryl methyl sites for hydroxylation is 1. The molecule has 0 aliphatic heterocycles. The van der Waals surface area contributed by atoms with E-state index >= 15 is 0 Å². The standard InChI is InChI=1S/C16H14FN5O4/c1-9-20-13(26-21-9)7-18-14(23)11-6-19-16(25)22(15(11)24)8-10-4-2-3-5-12(10)17/h2-6H,7-8H2,1H3,(H,18,23)(H,19,25). The van der Waals surface area contributed by atoms with E-state index in [1.807, 2.05) is 0 Å². The summed E-state index contributed by atoms with van der Waals surface area (Å²) in [6, 6.07) is 5.75. The molecule has 0 radical (unpaired) electrons. The number of aromatic nitrogens is 4. The highest BCUT2D eigenvalue weighted by molar-refractivity contribution is 5.93. The van der Waals surface area contributed by atoms with E-state index in [2.05, 4.69) is 20.4 Å². The fourth-order valence-corrected chi connectivity index (χ4v) is 2.28. The predicted octanol–water partition coefficient (Wildman–Crippen LogP) is 0.345. The molecule has 0 spiro atoms. The van der Waals surface area contributed by atoms with Gasteiger partial charge in [-0.3, -0.25) is 14.2 Å². The van der Waals surface area contributed by atoms with E-state index in [1.165, 1.54) is 18.2 Å². The lowest BCUT2D eigenvalue weighted by Gasteiger charge is -2.08.